The van der Waals surface area contributed by atoms with Crippen LogP contribution in [0.5, 0.6) is 0 Å². The van der Waals surface area contributed by atoms with Crippen molar-refractivity contribution < 1.29 is 28.5 Å². The standard InChI is InChI=1S/C12H20O6/c1-3-15-11(13)7-9-10(18-6-5-17-9)8-12(14)16-4-2/h9-10H,3-8H2,1-2H3. The van der Waals surface area contributed by atoms with Gasteiger partial charge in [0.1, 0.15) is 0 Å². The smallest absolute Gasteiger partial charge is 0.308 e. The van der Waals surface area contributed by atoms with E-state index in [-0.39, 0.29) is 24.8 Å². The maximum atomic E-state index is 11.4. The Morgan fingerprint density at radius 1 is 0.944 bits per heavy atom. The molecule has 6 heteroatoms. The van der Waals surface area contributed by atoms with Crippen LogP contribution >= 0.6 is 0 Å². The molecule has 1 aliphatic rings. The van der Waals surface area contributed by atoms with Crippen molar-refractivity contribution in [3.05, 3.63) is 0 Å². The highest BCUT2D eigenvalue weighted by Crippen LogP contribution is 2.18. The highest BCUT2D eigenvalue weighted by molar-refractivity contribution is 5.72. The second kappa shape index (κ2) is 8.05. The van der Waals surface area contributed by atoms with E-state index in [0.29, 0.717) is 26.4 Å². The molecule has 0 aromatic heterocycles. The van der Waals surface area contributed by atoms with Crippen LogP contribution in [0.25, 0.3) is 0 Å². The molecule has 0 aliphatic carbocycles. The fraction of sp³-hybridized carbons (Fsp3) is 0.833. The van der Waals surface area contributed by atoms with Gasteiger partial charge in [0.15, 0.2) is 0 Å². The molecule has 2 unspecified atom stereocenters. The van der Waals surface area contributed by atoms with Crippen molar-refractivity contribution in [1.82, 2.24) is 0 Å². The Kier molecular flexibility index (Phi) is 6.67. The Hall–Kier alpha value is -1.14. The summed E-state index contributed by atoms with van der Waals surface area (Å²) in [5.41, 5.74) is 0. The second-order valence-corrected chi connectivity index (χ2v) is 3.84. The zero-order valence-electron chi connectivity index (χ0n) is 10.8. The van der Waals surface area contributed by atoms with E-state index in [1.165, 1.54) is 0 Å². The SMILES string of the molecule is CCOC(=O)CC1OCCOC1CC(=O)OCC. The third-order valence-electron chi connectivity index (χ3n) is 2.51. The number of hydrogen-bond donors (Lipinski definition) is 0. The number of carbonyl (C=O) groups is 2. The average molecular weight is 260 g/mol. The van der Waals surface area contributed by atoms with E-state index < -0.39 is 12.2 Å². The van der Waals surface area contributed by atoms with E-state index in [1.54, 1.807) is 13.8 Å². The summed E-state index contributed by atoms with van der Waals surface area (Å²) in [5.74, 6) is -0.691. The molecule has 0 N–H and O–H groups in total. The molecule has 1 rings (SSSR count). The predicted molar refractivity (Wildman–Crippen MR) is 62.0 cm³/mol. The van der Waals surface area contributed by atoms with Gasteiger partial charge in [0, 0.05) is 0 Å². The first-order chi connectivity index (χ1) is 8.67. The minimum absolute atomic E-state index is 0.0952. The summed E-state index contributed by atoms with van der Waals surface area (Å²) >= 11 is 0. The summed E-state index contributed by atoms with van der Waals surface area (Å²) in [6.07, 6.45) is -0.695. The number of ether oxygens (including phenoxy) is 4. The van der Waals surface area contributed by atoms with Crippen LogP contribution in [0.15, 0.2) is 0 Å². The molecule has 0 aromatic rings. The fourth-order valence-electron chi connectivity index (χ4n) is 1.76. The molecule has 0 aromatic carbocycles. The molecule has 0 bridgehead atoms. The van der Waals surface area contributed by atoms with Crippen molar-refractivity contribution in [2.75, 3.05) is 26.4 Å². The van der Waals surface area contributed by atoms with E-state index in [4.69, 9.17) is 18.9 Å². The average Bonchev–Trinajstić information content (AvgIpc) is 2.32. The molecule has 1 aliphatic heterocycles. The molecule has 1 heterocycles. The van der Waals surface area contributed by atoms with Crippen LogP contribution in [0.3, 0.4) is 0 Å². The normalized spacial score (nSPS) is 23.4. The molecular formula is C12H20O6. The van der Waals surface area contributed by atoms with Gasteiger partial charge in [-0.2, -0.15) is 0 Å². The fourth-order valence-corrected chi connectivity index (χ4v) is 1.76. The second-order valence-electron chi connectivity index (χ2n) is 3.84. The van der Waals surface area contributed by atoms with E-state index in [9.17, 15) is 9.59 Å². The number of hydrogen-bond acceptors (Lipinski definition) is 6. The van der Waals surface area contributed by atoms with Gasteiger partial charge in [-0.05, 0) is 13.8 Å². The van der Waals surface area contributed by atoms with Crippen LogP contribution in [0.2, 0.25) is 0 Å². The van der Waals surface area contributed by atoms with Crippen LogP contribution in [-0.2, 0) is 28.5 Å². The molecule has 18 heavy (non-hydrogen) atoms. The van der Waals surface area contributed by atoms with Gasteiger partial charge in [0.25, 0.3) is 0 Å². The minimum atomic E-state index is -0.442. The van der Waals surface area contributed by atoms with E-state index in [0.717, 1.165) is 0 Å². The third kappa shape index (κ3) is 5.01. The van der Waals surface area contributed by atoms with Crippen LogP contribution < -0.4 is 0 Å². The molecule has 1 fully saturated rings. The summed E-state index contributed by atoms with van der Waals surface area (Å²) in [5, 5.41) is 0. The van der Waals surface area contributed by atoms with E-state index in [2.05, 4.69) is 0 Å². The van der Waals surface area contributed by atoms with Crippen molar-refractivity contribution in [3.8, 4) is 0 Å². The first-order valence-corrected chi connectivity index (χ1v) is 6.21. The summed E-state index contributed by atoms with van der Waals surface area (Å²) < 4.78 is 20.6. The Bertz CT molecular complexity index is 250. The van der Waals surface area contributed by atoms with Gasteiger partial charge in [-0.15, -0.1) is 0 Å². The van der Waals surface area contributed by atoms with Crippen LogP contribution in [0, 0.1) is 0 Å². The van der Waals surface area contributed by atoms with Gasteiger partial charge in [0.2, 0.25) is 0 Å². The van der Waals surface area contributed by atoms with Crippen molar-refractivity contribution >= 4 is 11.9 Å². The topological polar surface area (TPSA) is 71.1 Å². The lowest BCUT2D eigenvalue weighted by Gasteiger charge is -2.30. The van der Waals surface area contributed by atoms with Crippen molar-refractivity contribution in [2.24, 2.45) is 0 Å². The summed E-state index contributed by atoms with van der Waals surface area (Å²) in [6, 6.07) is 0. The van der Waals surface area contributed by atoms with Crippen molar-refractivity contribution in [2.45, 2.75) is 38.9 Å². The Morgan fingerprint density at radius 2 is 1.33 bits per heavy atom. The van der Waals surface area contributed by atoms with Crippen LogP contribution in [0.1, 0.15) is 26.7 Å². The van der Waals surface area contributed by atoms with E-state index in [1.807, 2.05) is 0 Å². The zero-order valence-corrected chi connectivity index (χ0v) is 10.8. The summed E-state index contributed by atoms with van der Waals surface area (Å²) in [6.45, 7) is 4.98. The monoisotopic (exact) mass is 260 g/mol. The van der Waals surface area contributed by atoms with Gasteiger partial charge in [0.05, 0.1) is 51.5 Å². The lowest BCUT2D eigenvalue weighted by Crippen LogP contribution is -2.41. The summed E-state index contributed by atoms with van der Waals surface area (Å²) in [7, 11) is 0. The lowest BCUT2D eigenvalue weighted by atomic mass is 10.1. The van der Waals surface area contributed by atoms with Crippen molar-refractivity contribution in [1.29, 1.82) is 0 Å². The lowest BCUT2D eigenvalue weighted by molar-refractivity contribution is -0.174. The maximum absolute atomic E-state index is 11.4. The van der Waals surface area contributed by atoms with Gasteiger partial charge in [-0.3, -0.25) is 9.59 Å². The number of esters is 2. The molecule has 1 saturated heterocycles. The molecule has 0 saturated carbocycles. The highest BCUT2D eigenvalue weighted by atomic mass is 16.6. The molecule has 0 spiro atoms. The van der Waals surface area contributed by atoms with Crippen LogP contribution in [-0.4, -0.2) is 50.6 Å². The summed E-state index contributed by atoms with van der Waals surface area (Å²) in [4.78, 5) is 22.8. The molecule has 104 valence electrons. The molecule has 6 nitrogen and oxygen atoms in total. The van der Waals surface area contributed by atoms with Gasteiger partial charge in [-0.25, -0.2) is 0 Å². The van der Waals surface area contributed by atoms with Gasteiger partial charge < -0.3 is 18.9 Å². The maximum Gasteiger partial charge on any atom is 0.308 e. The van der Waals surface area contributed by atoms with Gasteiger partial charge >= 0.3 is 11.9 Å². The predicted octanol–water partition coefficient (Wildman–Crippen LogP) is 0.677. The first kappa shape index (κ1) is 14.9. The first-order valence-electron chi connectivity index (χ1n) is 6.21. The minimum Gasteiger partial charge on any atom is -0.466 e. The molecular weight excluding hydrogens is 240 g/mol. The van der Waals surface area contributed by atoms with Gasteiger partial charge in [-0.1, -0.05) is 0 Å². The third-order valence-corrected chi connectivity index (χ3v) is 2.51. The van der Waals surface area contributed by atoms with E-state index >= 15 is 0 Å². The van der Waals surface area contributed by atoms with Crippen molar-refractivity contribution in [3.63, 3.8) is 0 Å². The Morgan fingerprint density at radius 3 is 1.67 bits per heavy atom. The number of rotatable bonds is 6. The highest BCUT2D eigenvalue weighted by Gasteiger charge is 2.31. The zero-order chi connectivity index (χ0) is 13.4. The largest absolute Gasteiger partial charge is 0.466 e. The van der Waals surface area contributed by atoms with Crippen LogP contribution in [0.4, 0.5) is 0 Å². The molecule has 0 amide bonds. The quantitative estimate of drug-likeness (QED) is 0.654. The Balaban J connectivity index is 2.46. The Labute approximate surface area is 107 Å². The molecule has 0 radical (unpaired) electrons. The number of carbonyl (C=O) groups excluding carboxylic acids is 2. The molecule has 2 atom stereocenters.